The number of nitrogens with zero attached hydrogens (tertiary/aromatic N) is 2. The van der Waals surface area contributed by atoms with E-state index in [2.05, 4.69) is 35.3 Å². The van der Waals surface area contributed by atoms with Crippen molar-refractivity contribution in [3.05, 3.63) is 102 Å². The van der Waals surface area contributed by atoms with Crippen molar-refractivity contribution in [3.8, 4) is 0 Å². The Morgan fingerprint density at radius 3 is 2.58 bits per heavy atom. The minimum absolute atomic E-state index is 0.201. The largest absolute Gasteiger partial charge is 0.367 e. The second-order valence-corrected chi connectivity index (χ2v) is 6.26. The smallest absolute Gasteiger partial charge is 0.128 e. The van der Waals surface area contributed by atoms with Gasteiger partial charge in [-0.2, -0.15) is 0 Å². The summed E-state index contributed by atoms with van der Waals surface area (Å²) in [5.74, 6) is -0.243. The molecule has 26 heavy (non-hydrogen) atoms. The highest BCUT2D eigenvalue weighted by molar-refractivity contribution is 5.83. The van der Waals surface area contributed by atoms with Crippen LogP contribution in [-0.4, -0.2) is 9.55 Å². The minimum atomic E-state index is -0.243. The maximum absolute atomic E-state index is 13.9. The van der Waals surface area contributed by atoms with Crippen molar-refractivity contribution in [2.75, 3.05) is 0 Å². The van der Waals surface area contributed by atoms with Crippen LogP contribution in [0.4, 0.5) is 4.39 Å². The molecule has 0 bridgehead atoms. The third-order valence-electron chi connectivity index (χ3n) is 4.48. The third kappa shape index (κ3) is 3.65. The zero-order chi connectivity index (χ0) is 17.8. The molecule has 0 fully saturated rings. The normalized spacial score (nSPS) is 12.3. The van der Waals surface area contributed by atoms with Gasteiger partial charge in [0.1, 0.15) is 11.9 Å². The number of halogens is 1. The molecule has 1 aromatic heterocycles. The molecule has 0 spiro atoms. The topological polar surface area (TPSA) is 27.1 Å². The summed E-state index contributed by atoms with van der Waals surface area (Å²) in [5, 5.41) is 2.35. The zero-order valence-corrected chi connectivity index (χ0v) is 14.3. The SMILES string of the molecule is Fc1ccccc1COC(Cn1ccnc1)c1ccc2ccccc2c1. The number of hydrogen-bond acceptors (Lipinski definition) is 2. The van der Waals surface area contributed by atoms with Crippen LogP contribution in [0.25, 0.3) is 10.8 Å². The van der Waals surface area contributed by atoms with Gasteiger partial charge in [0.05, 0.1) is 19.5 Å². The highest BCUT2D eigenvalue weighted by Crippen LogP contribution is 2.26. The lowest BCUT2D eigenvalue weighted by Crippen LogP contribution is -2.12. The Hall–Kier alpha value is -2.98. The molecular formula is C22H19FN2O. The fourth-order valence-corrected chi connectivity index (χ4v) is 3.05. The Morgan fingerprint density at radius 2 is 1.77 bits per heavy atom. The van der Waals surface area contributed by atoms with Gasteiger partial charge in [0, 0.05) is 18.0 Å². The quantitative estimate of drug-likeness (QED) is 0.484. The molecule has 4 aromatic rings. The van der Waals surface area contributed by atoms with Gasteiger partial charge in [-0.1, -0.05) is 54.6 Å². The van der Waals surface area contributed by atoms with E-state index in [-0.39, 0.29) is 18.5 Å². The van der Waals surface area contributed by atoms with E-state index in [0.29, 0.717) is 12.1 Å². The fraction of sp³-hybridized carbons (Fsp3) is 0.136. The summed E-state index contributed by atoms with van der Waals surface area (Å²) < 4.78 is 22.0. The van der Waals surface area contributed by atoms with E-state index in [1.165, 1.54) is 11.5 Å². The van der Waals surface area contributed by atoms with E-state index in [4.69, 9.17) is 4.74 Å². The standard InChI is InChI=1S/C22H19FN2O/c23-21-8-4-3-7-20(21)15-26-22(14-25-12-11-24-16-25)19-10-9-17-5-1-2-6-18(17)13-19/h1-13,16,22H,14-15H2. The van der Waals surface area contributed by atoms with E-state index in [1.54, 1.807) is 24.7 Å². The number of hydrogen-bond donors (Lipinski definition) is 0. The second-order valence-electron chi connectivity index (χ2n) is 6.26. The van der Waals surface area contributed by atoms with Gasteiger partial charge in [-0.15, -0.1) is 0 Å². The molecule has 4 heteroatoms. The van der Waals surface area contributed by atoms with Crippen LogP contribution in [0, 0.1) is 5.82 Å². The monoisotopic (exact) mass is 346 g/mol. The number of aromatic nitrogens is 2. The molecule has 0 saturated carbocycles. The van der Waals surface area contributed by atoms with Gasteiger partial charge in [0.15, 0.2) is 0 Å². The first-order valence-corrected chi connectivity index (χ1v) is 8.59. The molecule has 4 rings (SSSR count). The summed E-state index contributed by atoms with van der Waals surface area (Å²) in [6, 6.07) is 21.3. The molecule has 1 heterocycles. The van der Waals surface area contributed by atoms with Crippen LogP contribution in [0.15, 0.2) is 85.5 Å². The Kier molecular flexibility index (Phi) is 4.75. The molecule has 0 radical (unpaired) electrons. The summed E-state index contributed by atoms with van der Waals surface area (Å²) in [4.78, 5) is 4.10. The molecule has 3 nitrogen and oxygen atoms in total. The van der Waals surface area contributed by atoms with Crippen molar-refractivity contribution in [1.29, 1.82) is 0 Å². The van der Waals surface area contributed by atoms with Crippen molar-refractivity contribution >= 4 is 10.8 Å². The van der Waals surface area contributed by atoms with E-state index in [1.807, 2.05) is 29.0 Å². The predicted molar refractivity (Wildman–Crippen MR) is 100 cm³/mol. The van der Waals surface area contributed by atoms with Crippen LogP contribution < -0.4 is 0 Å². The molecule has 0 aliphatic carbocycles. The molecule has 1 atom stereocenters. The van der Waals surface area contributed by atoms with E-state index in [9.17, 15) is 4.39 Å². The number of fused-ring (bicyclic) bond motifs is 1. The Labute approximate surface area is 151 Å². The molecule has 0 saturated heterocycles. The molecule has 0 aliphatic rings. The lowest BCUT2D eigenvalue weighted by molar-refractivity contribution is 0.0266. The summed E-state index contributed by atoms with van der Waals surface area (Å²) in [6.07, 6.45) is 5.21. The van der Waals surface area contributed by atoms with Crippen LogP contribution in [-0.2, 0) is 17.9 Å². The van der Waals surface area contributed by atoms with Crippen molar-refractivity contribution in [2.45, 2.75) is 19.3 Å². The lowest BCUT2D eigenvalue weighted by Gasteiger charge is -2.20. The molecular weight excluding hydrogens is 327 g/mol. The van der Waals surface area contributed by atoms with E-state index >= 15 is 0 Å². The molecule has 0 amide bonds. The van der Waals surface area contributed by atoms with Gasteiger partial charge in [0.25, 0.3) is 0 Å². The molecule has 130 valence electrons. The summed E-state index contributed by atoms with van der Waals surface area (Å²) >= 11 is 0. The van der Waals surface area contributed by atoms with Crippen molar-refractivity contribution in [1.82, 2.24) is 9.55 Å². The Balaban J connectivity index is 1.62. The van der Waals surface area contributed by atoms with Gasteiger partial charge >= 0.3 is 0 Å². The number of ether oxygens (including phenoxy) is 1. The van der Waals surface area contributed by atoms with Crippen molar-refractivity contribution in [2.24, 2.45) is 0 Å². The molecule has 0 aliphatic heterocycles. The maximum atomic E-state index is 13.9. The average molecular weight is 346 g/mol. The maximum Gasteiger partial charge on any atom is 0.128 e. The van der Waals surface area contributed by atoms with Gasteiger partial charge < -0.3 is 9.30 Å². The van der Waals surface area contributed by atoms with Crippen LogP contribution >= 0.6 is 0 Å². The first-order valence-electron chi connectivity index (χ1n) is 8.59. The predicted octanol–water partition coefficient (Wildman–Crippen LogP) is 5.13. The van der Waals surface area contributed by atoms with E-state index in [0.717, 1.165) is 10.9 Å². The van der Waals surface area contributed by atoms with Gasteiger partial charge in [-0.25, -0.2) is 9.37 Å². The lowest BCUT2D eigenvalue weighted by atomic mass is 10.0. The van der Waals surface area contributed by atoms with Crippen LogP contribution in [0.1, 0.15) is 17.2 Å². The second kappa shape index (κ2) is 7.50. The van der Waals surface area contributed by atoms with Crippen molar-refractivity contribution in [3.63, 3.8) is 0 Å². The summed E-state index contributed by atoms with van der Waals surface area (Å²) in [7, 11) is 0. The first kappa shape index (κ1) is 16.5. The number of rotatable bonds is 6. The zero-order valence-electron chi connectivity index (χ0n) is 14.3. The highest BCUT2D eigenvalue weighted by atomic mass is 19.1. The van der Waals surface area contributed by atoms with Gasteiger partial charge in [0.2, 0.25) is 0 Å². The van der Waals surface area contributed by atoms with Gasteiger partial charge in [-0.3, -0.25) is 0 Å². The van der Waals surface area contributed by atoms with Crippen molar-refractivity contribution < 1.29 is 9.13 Å². The Morgan fingerprint density at radius 1 is 0.962 bits per heavy atom. The summed E-state index contributed by atoms with van der Waals surface area (Å²) in [6.45, 7) is 0.839. The molecule has 0 N–H and O–H groups in total. The molecule has 3 aromatic carbocycles. The average Bonchev–Trinajstić information content (AvgIpc) is 3.19. The summed E-state index contributed by atoms with van der Waals surface area (Å²) in [5.41, 5.74) is 1.62. The number of imidazole rings is 1. The fourth-order valence-electron chi connectivity index (χ4n) is 3.05. The molecule has 1 unspecified atom stereocenters. The van der Waals surface area contributed by atoms with Crippen LogP contribution in [0.2, 0.25) is 0 Å². The minimum Gasteiger partial charge on any atom is -0.367 e. The Bertz CT molecular complexity index is 998. The first-order chi connectivity index (χ1) is 12.8. The van der Waals surface area contributed by atoms with Gasteiger partial charge in [-0.05, 0) is 28.5 Å². The van der Waals surface area contributed by atoms with Crippen LogP contribution in [0.5, 0.6) is 0 Å². The van der Waals surface area contributed by atoms with Crippen LogP contribution in [0.3, 0.4) is 0 Å². The number of benzene rings is 3. The highest BCUT2D eigenvalue weighted by Gasteiger charge is 2.15. The van der Waals surface area contributed by atoms with E-state index < -0.39 is 0 Å². The third-order valence-corrected chi connectivity index (χ3v) is 4.48.